The Morgan fingerprint density at radius 2 is 2.04 bits per heavy atom. The van der Waals surface area contributed by atoms with Gasteiger partial charge in [0.1, 0.15) is 5.75 Å². The van der Waals surface area contributed by atoms with E-state index in [1.807, 2.05) is 19.1 Å². The molecule has 132 valence electrons. The van der Waals surface area contributed by atoms with Gasteiger partial charge in [0.2, 0.25) is 0 Å². The Balaban J connectivity index is 2.14. The number of hydrazone groups is 1. The highest BCUT2D eigenvalue weighted by Gasteiger charge is 2.09. The standard InChI is InChI=1S/C19H24N4OS/c1-5-11-20-19(25)22-21-13-16-12-14(3)23(15(16)4)17-7-9-18(10-8-17)24-6-2/h5,7-10,12-13H,1,6,11H2,2-4H3,(H2,20,22,25)/b21-13-. The Bertz CT molecular complexity index is 762. The van der Waals surface area contributed by atoms with Gasteiger partial charge in [0.05, 0.1) is 12.8 Å². The van der Waals surface area contributed by atoms with Crippen LogP contribution in [0.4, 0.5) is 0 Å². The van der Waals surface area contributed by atoms with Crippen LogP contribution in [0.15, 0.2) is 48.1 Å². The maximum Gasteiger partial charge on any atom is 0.187 e. The average molecular weight is 356 g/mol. The van der Waals surface area contributed by atoms with Crippen LogP contribution in [-0.4, -0.2) is 29.0 Å². The van der Waals surface area contributed by atoms with Gasteiger partial charge in [-0.2, -0.15) is 5.10 Å². The number of benzene rings is 1. The van der Waals surface area contributed by atoms with Crippen molar-refractivity contribution in [1.82, 2.24) is 15.3 Å². The van der Waals surface area contributed by atoms with Gasteiger partial charge < -0.3 is 14.6 Å². The molecule has 0 fully saturated rings. The minimum Gasteiger partial charge on any atom is -0.494 e. The highest BCUT2D eigenvalue weighted by atomic mass is 32.1. The molecule has 1 aromatic carbocycles. The van der Waals surface area contributed by atoms with Crippen molar-refractivity contribution >= 4 is 23.5 Å². The molecule has 0 atom stereocenters. The summed E-state index contributed by atoms with van der Waals surface area (Å²) in [5, 5.41) is 7.63. The summed E-state index contributed by atoms with van der Waals surface area (Å²) in [5.41, 5.74) is 7.17. The third kappa shape index (κ3) is 4.93. The molecule has 2 rings (SSSR count). The molecule has 0 aliphatic carbocycles. The second kappa shape index (κ2) is 9.03. The molecular formula is C19H24N4OS. The summed E-state index contributed by atoms with van der Waals surface area (Å²) in [4.78, 5) is 0. The summed E-state index contributed by atoms with van der Waals surface area (Å²) >= 11 is 5.11. The van der Waals surface area contributed by atoms with Crippen LogP contribution in [0, 0.1) is 13.8 Å². The van der Waals surface area contributed by atoms with Crippen LogP contribution in [0.25, 0.3) is 5.69 Å². The lowest BCUT2D eigenvalue weighted by Crippen LogP contribution is -2.31. The van der Waals surface area contributed by atoms with Gasteiger partial charge in [-0.05, 0) is 63.3 Å². The van der Waals surface area contributed by atoms with Crippen LogP contribution in [0.5, 0.6) is 5.75 Å². The minimum atomic E-state index is 0.469. The quantitative estimate of drug-likeness (QED) is 0.345. The molecule has 0 saturated heterocycles. The second-order valence-electron chi connectivity index (χ2n) is 5.46. The van der Waals surface area contributed by atoms with Crippen molar-refractivity contribution in [3.8, 4) is 11.4 Å². The van der Waals surface area contributed by atoms with E-state index in [0.717, 1.165) is 28.4 Å². The molecule has 1 heterocycles. The third-order valence-electron chi connectivity index (χ3n) is 3.65. The first kappa shape index (κ1) is 18.7. The summed E-state index contributed by atoms with van der Waals surface area (Å²) in [7, 11) is 0. The molecule has 0 radical (unpaired) electrons. The zero-order valence-electron chi connectivity index (χ0n) is 14.9. The number of hydrogen-bond donors (Lipinski definition) is 2. The number of aromatic nitrogens is 1. The number of nitrogens with one attached hydrogen (secondary N) is 2. The predicted molar refractivity (Wildman–Crippen MR) is 108 cm³/mol. The maximum absolute atomic E-state index is 5.50. The van der Waals surface area contributed by atoms with Crippen LogP contribution < -0.4 is 15.5 Å². The van der Waals surface area contributed by atoms with Crippen molar-refractivity contribution in [2.24, 2.45) is 5.10 Å². The zero-order valence-corrected chi connectivity index (χ0v) is 15.7. The van der Waals surface area contributed by atoms with Crippen LogP contribution in [-0.2, 0) is 0 Å². The van der Waals surface area contributed by atoms with Gasteiger partial charge in [-0.3, -0.25) is 5.43 Å². The summed E-state index contributed by atoms with van der Waals surface area (Å²) in [6.45, 7) is 11.0. The highest BCUT2D eigenvalue weighted by molar-refractivity contribution is 7.80. The molecule has 6 heteroatoms. The normalized spacial score (nSPS) is 10.7. The number of rotatable bonds is 7. The van der Waals surface area contributed by atoms with E-state index in [-0.39, 0.29) is 0 Å². The van der Waals surface area contributed by atoms with Crippen molar-refractivity contribution < 1.29 is 4.74 Å². The van der Waals surface area contributed by atoms with Crippen LogP contribution in [0.2, 0.25) is 0 Å². The van der Waals surface area contributed by atoms with Crippen molar-refractivity contribution in [2.45, 2.75) is 20.8 Å². The molecule has 2 N–H and O–H groups in total. The highest BCUT2D eigenvalue weighted by Crippen LogP contribution is 2.22. The monoisotopic (exact) mass is 356 g/mol. The molecule has 0 amide bonds. The van der Waals surface area contributed by atoms with Crippen molar-refractivity contribution in [3.05, 3.63) is 59.9 Å². The average Bonchev–Trinajstić information content (AvgIpc) is 2.88. The summed E-state index contributed by atoms with van der Waals surface area (Å²) in [6, 6.07) is 10.2. The summed E-state index contributed by atoms with van der Waals surface area (Å²) < 4.78 is 7.69. The summed E-state index contributed by atoms with van der Waals surface area (Å²) in [5.74, 6) is 0.875. The van der Waals surface area contributed by atoms with Gasteiger partial charge in [0.25, 0.3) is 0 Å². The van der Waals surface area contributed by atoms with Crippen molar-refractivity contribution in [1.29, 1.82) is 0 Å². The van der Waals surface area contributed by atoms with E-state index < -0.39 is 0 Å². The molecule has 0 aliphatic heterocycles. The van der Waals surface area contributed by atoms with Crippen LogP contribution >= 0.6 is 12.2 Å². The van der Waals surface area contributed by atoms with Crippen molar-refractivity contribution in [3.63, 3.8) is 0 Å². The second-order valence-corrected chi connectivity index (χ2v) is 5.87. The SMILES string of the molecule is C=CCNC(=S)N/N=C\c1cc(C)n(-c2ccc(OCC)cc2)c1C. The number of aryl methyl sites for hydroxylation is 1. The zero-order chi connectivity index (χ0) is 18.2. The van der Waals surface area contributed by atoms with E-state index in [0.29, 0.717) is 18.3 Å². The Morgan fingerprint density at radius 3 is 2.68 bits per heavy atom. The number of thiocarbonyl (C=S) groups is 1. The first-order valence-corrected chi connectivity index (χ1v) is 8.57. The molecule has 0 spiro atoms. The van der Waals surface area contributed by atoms with Gasteiger partial charge >= 0.3 is 0 Å². The molecule has 0 bridgehead atoms. The van der Waals surface area contributed by atoms with Crippen LogP contribution in [0.3, 0.4) is 0 Å². The van der Waals surface area contributed by atoms with E-state index in [4.69, 9.17) is 17.0 Å². The Hall–Kier alpha value is -2.60. The lowest BCUT2D eigenvalue weighted by atomic mass is 10.2. The molecular weight excluding hydrogens is 332 g/mol. The fourth-order valence-corrected chi connectivity index (χ4v) is 2.67. The molecule has 2 aromatic rings. The van der Waals surface area contributed by atoms with Crippen LogP contribution in [0.1, 0.15) is 23.9 Å². The largest absolute Gasteiger partial charge is 0.494 e. The lowest BCUT2D eigenvalue weighted by Gasteiger charge is -2.11. The smallest absolute Gasteiger partial charge is 0.187 e. The van der Waals surface area contributed by atoms with E-state index in [9.17, 15) is 0 Å². The number of hydrogen-bond acceptors (Lipinski definition) is 3. The predicted octanol–water partition coefficient (Wildman–Crippen LogP) is 3.48. The van der Waals surface area contributed by atoms with Gasteiger partial charge in [0, 0.05) is 29.2 Å². The number of ether oxygens (including phenoxy) is 1. The minimum absolute atomic E-state index is 0.469. The lowest BCUT2D eigenvalue weighted by molar-refractivity contribution is 0.340. The van der Waals surface area contributed by atoms with E-state index >= 15 is 0 Å². The van der Waals surface area contributed by atoms with E-state index in [2.05, 4.69) is 59.0 Å². The van der Waals surface area contributed by atoms with E-state index in [1.165, 1.54) is 0 Å². The molecule has 0 unspecified atom stereocenters. The Morgan fingerprint density at radius 1 is 1.32 bits per heavy atom. The topological polar surface area (TPSA) is 50.6 Å². The first-order chi connectivity index (χ1) is 12.1. The fraction of sp³-hybridized carbons (Fsp3) is 0.263. The first-order valence-electron chi connectivity index (χ1n) is 8.16. The van der Waals surface area contributed by atoms with Gasteiger partial charge in [0.15, 0.2) is 5.11 Å². The van der Waals surface area contributed by atoms with Gasteiger partial charge in [-0.15, -0.1) is 6.58 Å². The van der Waals surface area contributed by atoms with Gasteiger partial charge in [-0.25, -0.2) is 0 Å². The molecule has 1 aromatic heterocycles. The fourth-order valence-electron chi connectivity index (χ4n) is 2.54. The van der Waals surface area contributed by atoms with E-state index in [1.54, 1.807) is 12.3 Å². The number of nitrogens with zero attached hydrogens (tertiary/aromatic N) is 2. The van der Waals surface area contributed by atoms with Crippen molar-refractivity contribution in [2.75, 3.05) is 13.2 Å². The Kier molecular flexibility index (Phi) is 6.77. The molecule has 5 nitrogen and oxygen atoms in total. The summed E-state index contributed by atoms with van der Waals surface area (Å²) in [6.07, 6.45) is 3.51. The Labute approximate surface area is 154 Å². The third-order valence-corrected chi connectivity index (χ3v) is 3.89. The molecule has 0 saturated carbocycles. The molecule has 25 heavy (non-hydrogen) atoms. The molecule has 0 aliphatic rings. The maximum atomic E-state index is 5.50. The van der Waals surface area contributed by atoms with Gasteiger partial charge in [-0.1, -0.05) is 6.08 Å².